The van der Waals surface area contributed by atoms with Gasteiger partial charge in [-0.15, -0.1) is 16.6 Å². The molecule has 0 aliphatic heterocycles. The maximum absolute atomic E-state index is 12.3. The fourth-order valence-corrected chi connectivity index (χ4v) is 3.20. The first kappa shape index (κ1) is 20.6. The summed E-state index contributed by atoms with van der Waals surface area (Å²) in [4.78, 5) is 12.3. The topological polar surface area (TPSA) is 95.1 Å². The van der Waals surface area contributed by atoms with Crippen molar-refractivity contribution in [1.82, 2.24) is 20.2 Å². The van der Waals surface area contributed by atoms with Gasteiger partial charge in [0.25, 0.3) is 0 Å². The van der Waals surface area contributed by atoms with Crippen molar-refractivity contribution >= 4 is 17.7 Å². The summed E-state index contributed by atoms with van der Waals surface area (Å²) in [5.74, 6) is 10.1. The smallest absolute Gasteiger partial charge is 0.231 e. The van der Waals surface area contributed by atoms with Crippen LogP contribution in [0, 0.1) is 12.3 Å². The summed E-state index contributed by atoms with van der Waals surface area (Å²) in [5, 5.41) is 11.6. The van der Waals surface area contributed by atoms with Gasteiger partial charge in [-0.3, -0.25) is 4.79 Å². The number of terminal acetylenes is 1. The molecule has 1 aromatic carbocycles. The Kier molecular flexibility index (Phi) is 7.13. The SMILES string of the molecule is C#CC(CC)(CC)NC(=O)CSc1nnc(-c2ccc(OCC)cc2)n1N. The number of thioether (sulfide) groups is 1. The average molecular weight is 388 g/mol. The van der Waals surface area contributed by atoms with Gasteiger partial charge in [0.2, 0.25) is 11.1 Å². The number of hydrogen-bond acceptors (Lipinski definition) is 6. The van der Waals surface area contributed by atoms with Gasteiger partial charge < -0.3 is 15.9 Å². The van der Waals surface area contributed by atoms with Crippen LogP contribution in [0.15, 0.2) is 29.4 Å². The number of carbonyl (C=O) groups excluding carboxylic acids is 1. The number of nitrogen functional groups attached to an aromatic ring is 1. The van der Waals surface area contributed by atoms with E-state index in [2.05, 4.69) is 21.4 Å². The van der Waals surface area contributed by atoms with Crippen molar-refractivity contribution < 1.29 is 9.53 Å². The molecule has 0 bridgehead atoms. The molecule has 0 radical (unpaired) electrons. The number of rotatable bonds is 9. The molecule has 1 aromatic heterocycles. The highest BCUT2D eigenvalue weighted by molar-refractivity contribution is 7.99. The highest BCUT2D eigenvalue weighted by Gasteiger charge is 2.25. The van der Waals surface area contributed by atoms with Crippen LogP contribution in [0.25, 0.3) is 11.4 Å². The van der Waals surface area contributed by atoms with Crippen LogP contribution < -0.4 is 15.9 Å². The van der Waals surface area contributed by atoms with Gasteiger partial charge in [0, 0.05) is 5.56 Å². The molecule has 0 atom stereocenters. The van der Waals surface area contributed by atoms with Crippen molar-refractivity contribution in [2.45, 2.75) is 44.3 Å². The van der Waals surface area contributed by atoms with Crippen molar-refractivity contribution in [2.75, 3.05) is 18.2 Å². The minimum atomic E-state index is -0.610. The Morgan fingerprint density at radius 2 is 1.96 bits per heavy atom. The molecule has 8 heteroatoms. The lowest BCUT2D eigenvalue weighted by atomic mass is 9.94. The fraction of sp³-hybridized carbons (Fsp3) is 0.421. The van der Waals surface area contributed by atoms with Crippen LogP contribution in [-0.4, -0.2) is 38.7 Å². The predicted octanol–water partition coefficient (Wildman–Crippen LogP) is 2.46. The zero-order chi connectivity index (χ0) is 19.9. The summed E-state index contributed by atoms with van der Waals surface area (Å²) >= 11 is 1.21. The van der Waals surface area contributed by atoms with Crippen molar-refractivity contribution in [2.24, 2.45) is 0 Å². The van der Waals surface area contributed by atoms with E-state index in [0.717, 1.165) is 11.3 Å². The van der Waals surface area contributed by atoms with Crippen LogP contribution in [0.4, 0.5) is 0 Å². The van der Waals surface area contributed by atoms with Crippen LogP contribution in [0.1, 0.15) is 33.6 Å². The average Bonchev–Trinajstić information content (AvgIpc) is 3.06. The Hall–Kier alpha value is -2.66. The Morgan fingerprint density at radius 1 is 1.30 bits per heavy atom. The zero-order valence-corrected chi connectivity index (χ0v) is 16.7. The number of ether oxygens (including phenoxy) is 1. The number of hydrogen-bond donors (Lipinski definition) is 2. The molecule has 1 heterocycles. The number of nitrogens with two attached hydrogens (primary N) is 1. The number of benzene rings is 1. The van der Waals surface area contributed by atoms with Crippen molar-refractivity contribution in [3.05, 3.63) is 24.3 Å². The maximum Gasteiger partial charge on any atom is 0.231 e. The van der Waals surface area contributed by atoms with E-state index < -0.39 is 5.54 Å². The molecule has 0 aliphatic rings. The quantitative estimate of drug-likeness (QED) is 0.390. The molecule has 0 fully saturated rings. The molecule has 3 N–H and O–H groups in total. The third-order valence-electron chi connectivity index (χ3n) is 4.28. The van der Waals surface area contributed by atoms with Gasteiger partial charge in [0.05, 0.1) is 12.4 Å². The van der Waals surface area contributed by atoms with E-state index in [4.69, 9.17) is 17.0 Å². The lowest BCUT2D eigenvalue weighted by molar-refractivity contribution is -0.119. The molecule has 1 amide bonds. The maximum atomic E-state index is 12.3. The van der Waals surface area contributed by atoms with Gasteiger partial charge in [-0.05, 0) is 44.0 Å². The van der Waals surface area contributed by atoms with Crippen LogP contribution >= 0.6 is 11.8 Å². The first-order valence-corrected chi connectivity index (χ1v) is 9.82. The van der Waals surface area contributed by atoms with E-state index in [9.17, 15) is 4.79 Å². The summed E-state index contributed by atoms with van der Waals surface area (Å²) in [7, 11) is 0. The van der Waals surface area contributed by atoms with E-state index >= 15 is 0 Å². The number of amides is 1. The Labute approximate surface area is 164 Å². The van der Waals surface area contributed by atoms with Gasteiger partial charge in [-0.2, -0.15) is 0 Å². The standard InChI is InChI=1S/C19H25N5O2S/c1-5-19(6-2,7-3)21-16(25)13-27-18-23-22-17(24(18)20)14-9-11-15(12-10-14)26-8-4/h1,9-12H,6-8,13,20H2,2-4H3,(H,21,25). The molecule has 2 rings (SSSR count). The monoisotopic (exact) mass is 387 g/mol. The number of nitrogens with one attached hydrogen (secondary N) is 1. The highest BCUT2D eigenvalue weighted by Crippen LogP contribution is 2.24. The van der Waals surface area contributed by atoms with E-state index in [-0.39, 0.29) is 11.7 Å². The second kappa shape index (κ2) is 9.33. The molecule has 0 spiro atoms. The summed E-state index contributed by atoms with van der Waals surface area (Å²) in [6.45, 7) is 6.44. The lowest BCUT2D eigenvalue weighted by Gasteiger charge is -2.26. The third-order valence-corrected chi connectivity index (χ3v) is 5.23. The largest absolute Gasteiger partial charge is 0.494 e. The number of aromatic nitrogens is 3. The number of carbonyl (C=O) groups is 1. The van der Waals surface area contributed by atoms with E-state index in [1.165, 1.54) is 16.4 Å². The van der Waals surface area contributed by atoms with Crippen molar-refractivity contribution in [3.63, 3.8) is 0 Å². The Bertz CT molecular complexity index is 806. The highest BCUT2D eigenvalue weighted by atomic mass is 32.2. The number of nitrogens with zero attached hydrogens (tertiary/aromatic N) is 3. The van der Waals surface area contributed by atoms with E-state index in [0.29, 0.717) is 30.4 Å². The Morgan fingerprint density at radius 3 is 2.52 bits per heavy atom. The second-order valence-corrected chi connectivity index (χ2v) is 6.85. The Balaban J connectivity index is 2.03. The summed E-state index contributed by atoms with van der Waals surface area (Å²) in [6.07, 6.45) is 6.92. The summed E-state index contributed by atoms with van der Waals surface area (Å²) < 4.78 is 6.80. The first-order chi connectivity index (χ1) is 13.0. The molecular weight excluding hydrogens is 362 g/mol. The first-order valence-electron chi connectivity index (χ1n) is 8.83. The predicted molar refractivity (Wildman–Crippen MR) is 108 cm³/mol. The normalized spacial score (nSPS) is 11.0. The molecular formula is C19H25N5O2S. The lowest BCUT2D eigenvalue weighted by Crippen LogP contribution is -2.47. The van der Waals surface area contributed by atoms with Crippen LogP contribution in [0.5, 0.6) is 5.75 Å². The van der Waals surface area contributed by atoms with Crippen LogP contribution in [0.2, 0.25) is 0 Å². The summed E-state index contributed by atoms with van der Waals surface area (Å²) in [5.41, 5.74) is 0.203. The van der Waals surface area contributed by atoms with Gasteiger partial charge in [-0.1, -0.05) is 31.5 Å². The fourth-order valence-electron chi connectivity index (χ4n) is 2.54. The van der Waals surface area contributed by atoms with Crippen LogP contribution in [-0.2, 0) is 4.79 Å². The van der Waals surface area contributed by atoms with Gasteiger partial charge >= 0.3 is 0 Å². The molecule has 7 nitrogen and oxygen atoms in total. The molecule has 0 unspecified atom stereocenters. The van der Waals surface area contributed by atoms with Crippen molar-refractivity contribution in [3.8, 4) is 29.5 Å². The minimum absolute atomic E-state index is 0.155. The van der Waals surface area contributed by atoms with Crippen LogP contribution in [0.3, 0.4) is 0 Å². The van der Waals surface area contributed by atoms with E-state index in [1.807, 2.05) is 45.0 Å². The molecule has 27 heavy (non-hydrogen) atoms. The molecule has 0 aliphatic carbocycles. The molecule has 2 aromatic rings. The van der Waals surface area contributed by atoms with Gasteiger partial charge in [0.15, 0.2) is 5.82 Å². The minimum Gasteiger partial charge on any atom is -0.494 e. The molecule has 0 saturated heterocycles. The summed E-state index contributed by atoms with van der Waals surface area (Å²) in [6, 6.07) is 7.43. The second-order valence-electron chi connectivity index (χ2n) is 5.90. The molecule has 144 valence electrons. The molecule has 0 saturated carbocycles. The zero-order valence-electron chi connectivity index (χ0n) is 15.9. The van der Waals surface area contributed by atoms with E-state index in [1.54, 1.807) is 0 Å². The van der Waals surface area contributed by atoms with Crippen molar-refractivity contribution in [1.29, 1.82) is 0 Å². The third kappa shape index (κ3) is 4.95. The van der Waals surface area contributed by atoms with Gasteiger partial charge in [-0.25, -0.2) is 4.68 Å². The van der Waals surface area contributed by atoms with Gasteiger partial charge in [0.1, 0.15) is 11.3 Å².